The molecule has 3 heterocycles. The van der Waals surface area contributed by atoms with Crippen LogP contribution in [0.2, 0.25) is 0 Å². The van der Waals surface area contributed by atoms with Crippen molar-refractivity contribution in [1.29, 1.82) is 0 Å². The van der Waals surface area contributed by atoms with E-state index in [0.717, 1.165) is 55.8 Å². The lowest BCUT2D eigenvalue weighted by Crippen LogP contribution is -2.44. The number of hydrogen-bond donors (Lipinski definition) is 2. The molecule has 2 aliphatic rings. The van der Waals surface area contributed by atoms with Crippen LogP contribution in [0.25, 0.3) is 10.2 Å². The fourth-order valence-corrected chi connectivity index (χ4v) is 6.24. The van der Waals surface area contributed by atoms with E-state index in [4.69, 9.17) is 9.72 Å². The van der Waals surface area contributed by atoms with E-state index in [2.05, 4.69) is 26.9 Å². The molecule has 1 saturated heterocycles. The van der Waals surface area contributed by atoms with Crippen molar-refractivity contribution in [2.24, 2.45) is 0 Å². The fourth-order valence-electron chi connectivity index (χ4n) is 4.96. The number of nitrogens with one attached hydrogen (secondary N) is 1. The van der Waals surface area contributed by atoms with Crippen LogP contribution in [-0.2, 0) is 30.7 Å². The zero-order chi connectivity index (χ0) is 22.6. The summed E-state index contributed by atoms with van der Waals surface area (Å²) in [6.45, 7) is 5.44. The molecule has 7 nitrogen and oxygen atoms in total. The molecule has 176 valence electrons. The number of morpholine rings is 1. The fraction of sp³-hybridized carbons (Fsp3) is 0.520. The average Bonchev–Trinajstić information content (AvgIpc) is 3.19. The van der Waals surface area contributed by atoms with Gasteiger partial charge in [-0.25, -0.2) is 4.98 Å². The van der Waals surface area contributed by atoms with Crippen LogP contribution in [0.1, 0.15) is 34.7 Å². The lowest BCUT2D eigenvalue weighted by Gasteiger charge is -2.31. The van der Waals surface area contributed by atoms with E-state index in [9.17, 15) is 9.90 Å². The van der Waals surface area contributed by atoms with Crippen molar-refractivity contribution in [2.75, 3.05) is 39.4 Å². The molecule has 1 atom stereocenters. The Labute approximate surface area is 198 Å². The van der Waals surface area contributed by atoms with Gasteiger partial charge < -0.3 is 14.8 Å². The normalized spacial score (nSPS) is 18.0. The molecule has 2 N–H and O–H groups in total. The average molecular weight is 469 g/mol. The highest BCUT2D eigenvalue weighted by Crippen LogP contribution is 2.33. The molecule has 33 heavy (non-hydrogen) atoms. The number of ether oxygens (including phenoxy) is 1. The summed E-state index contributed by atoms with van der Waals surface area (Å²) in [5, 5.41) is 11.6. The van der Waals surface area contributed by atoms with Gasteiger partial charge in [0.15, 0.2) is 0 Å². The van der Waals surface area contributed by atoms with Crippen LogP contribution in [0.15, 0.2) is 35.1 Å². The third-order valence-corrected chi connectivity index (χ3v) is 7.72. The van der Waals surface area contributed by atoms with Gasteiger partial charge in [0.1, 0.15) is 10.7 Å². The summed E-state index contributed by atoms with van der Waals surface area (Å²) in [6, 6.07) is 10.2. The van der Waals surface area contributed by atoms with Crippen LogP contribution >= 0.6 is 11.3 Å². The maximum atomic E-state index is 13.0. The van der Waals surface area contributed by atoms with Gasteiger partial charge in [0, 0.05) is 37.6 Å². The first kappa shape index (κ1) is 22.7. The number of β-amino-alcohol motifs (C(OH)–C–C–N with tert-alkyl or cyclic N) is 1. The third-order valence-electron chi connectivity index (χ3n) is 6.54. The molecular weight excluding hydrogens is 436 g/mol. The number of H-pyrrole nitrogens is 1. The minimum atomic E-state index is -0.490. The van der Waals surface area contributed by atoms with Gasteiger partial charge in [-0.3, -0.25) is 14.6 Å². The number of fused-ring (bicyclic) bond motifs is 3. The van der Waals surface area contributed by atoms with Crippen molar-refractivity contribution >= 4 is 21.6 Å². The molecule has 2 aromatic heterocycles. The van der Waals surface area contributed by atoms with E-state index in [-0.39, 0.29) is 5.56 Å². The number of thiophene rings is 1. The van der Waals surface area contributed by atoms with Gasteiger partial charge in [-0.15, -0.1) is 11.3 Å². The molecule has 0 amide bonds. The van der Waals surface area contributed by atoms with Gasteiger partial charge in [-0.05, 0) is 36.8 Å². The Bertz CT molecular complexity index is 1120. The van der Waals surface area contributed by atoms with Crippen molar-refractivity contribution in [2.45, 2.75) is 44.9 Å². The summed E-state index contributed by atoms with van der Waals surface area (Å²) in [4.78, 5) is 27.5. The largest absolute Gasteiger partial charge is 0.390 e. The van der Waals surface area contributed by atoms with Gasteiger partial charge in [-0.1, -0.05) is 30.3 Å². The Hall–Kier alpha value is -2.10. The number of aliphatic hydroxyl groups is 1. The monoisotopic (exact) mass is 468 g/mol. The van der Waals surface area contributed by atoms with Crippen LogP contribution in [0, 0.1) is 0 Å². The maximum absolute atomic E-state index is 13.0. The standard InChI is InChI=1S/C25H32N4O3S/c30-19(15-28-10-12-32-13-11-28)16-29(14-18-6-2-1-3-7-18)17-22-26-24(31)23-20-8-4-5-9-21(20)33-25(23)27-22/h1-3,6-7,19,30H,4-5,8-17H2,(H,26,27,31)/t19-/m0/s1. The second-order valence-corrected chi connectivity index (χ2v) is 10.2. The summed E-state index contributed by atoms with van der Waals surface area (Å²) < 4.78 is 5.42. The lowest BCUT2D eigenvalue weighted by molar-refractivity contribution is 0.00537. The maximum Gasteiger partial charge on any atom is 0.259 e. The van der Waals surface area contributed by atoms with E-state index in [1.807, 2.05) is 18.2 Å². The zero-order valence-corrected chi connectivity index (χ0v) is 19.8. The molecule has 3 aromatic rings. The summed E-state index contributed by atoms with van der Waals surface area (Å²) >= 11 is 1.68. The summed E-state index contributed by atoms with van der Waals surface area (Å²) in [5.74, 6) is 0.667. The summed E-state index contributed by atoms with van der Waals surface area (Å²) in [5.41, 5.74) is 2.36. The zero-order valence-electron chi connectivity index (χ0n) is 19.0. The van der Waals surface area contributed by atoms with Crippen LogP contribution in [0.4, 0.5) is 0 Å². The highest BCUT2D eigenvalue weighted by Gasteiger charge is 2.22. The number of aromatic nitrogens is 2. The molecule has 1 aliphatic carbocycles. The minimum absolute atomic E-state index is 0.0251. The van der Waals surface area contributed by atoms with Gasteiger partial charge in [-0.2, -0.15) is 0 Å². The molecule has 0 bridgehead atoms. The molecule has 0 saturated carbocycles. The second kappa shape index (κ2) is 10.4. The van der Waals surface area contributed by atoms with Crippen molar-refractivity contribution in [3.05, 3.63) is 62.5 Å². The molecule has 1 aromatic carbocycles. The van der Waals surface area contributed by atoms with E-state index >= 15 is 0 Å². The van der Waals surface area contributed by atoms with E-state index in [1.54, 1.807) is 11.3 Å². The quantitative estimate of drug-likeness (QED) is 0.529. The first-order valence-corrected chi connectivity index (χ1v) is 12.8. The SMILES string of the molecule is O=c1[nH]c(CN(Cc2ccccc2)C[C@@H](O)CN2CCOCC2)nc2sc3c(c12)CCCC3. The minimum Gasteiger partial charge on any atom is -0.390 e. The number of nitrogens with zero attached hydrogens (tertiary/aromatic N) is 3. The van der Waals surface area contributed by atoms with Crippen LogP contribution < -0.4 is 5.56 Å². The van der Waals surface area contributed by atoms with Gasteiger partial charge >= 0.3 is 0 Å². The number of hydrogen-bond acceptors (Lipinski definition) is 7. The van der Waals surface area contributed by atoms with Gasteiger partial charge in [0.25, 0.3) is 5.56 Å². The molecule has 1 fully saturated rings. The number of aliphatic hydroxyl groups excluding tert-OH is 1. The summed E-state index contributed by atoms with van der Waals surface area (Å²) in [7, 11) is 0. The highest BCUT2D eigenvalue weighted by molar-refractivity contribution is 7.18. The van der Waals surface area contributed by atoms with Crippen molar-refractivity contribution in [3.63, 3.8) is 0 Å². The van der Waals surface area contributed by atoms with Gasteiger partial charge in [0.2, 0.25) is 0 Å². The van der Waals surface area contributed by atoms with Crippen LogP contribution in [-0.4, -0.2) is 70.4 Å². The Morgan fingerprint density at radius 3 is 2.76 bits per heavy atom. The smallest absolute Gasteiger partial charge is 0.259 e. The Kier molecular flexibility index (Phi) is 7.18. The van der Waals surface area contributed by atoms with E-state index < -0.39 is 6.10 Å². The topological polar surface area (TPSA) is 81.7 Å². The Morgan fingerprint density at radius 1 is 1.15 bits per heavy atom. The Balaban J connectivity index is 1.35. The van der Waals surface area contributed by atoms with E-state index in [0.29, 0.717) is 32.0 Å². The molecule has 8 heteroatoms. The third kappa shape index (κ3) is 5.53. The molecule has 0 radical (unpaired) electrons. The van der Waals surface area contributed by atoms with Gasteiger partial charge in [0.05, 0.1) is 31.2 Å². The second-order valence-electron chi connectivity index (χ2n) is 9.13. The predicted molar refractivity (Wildman–Crippen MR) is 131 cm³/mol. The number of aryl methyl sites for hydroxylation is 2. The molecule has 1 aliphatic heterocycles. The molecule has 0 spiro atoms. The number of aromatic amines is 1. The summed E-state index contributed by atoms with van der Waals surface area (Å²) in [6.07, 6.45) is 3.88. The predicted octanol–water partition coefficient (Wildman–Crippen LogP) is 2.56. The van der Waals surface area contributed by atoms with E-state index in [1.165, 1.54) is 22.4 Å². The molecule has 0 unspecified atom stereocenters. The van der Waals surface area contributed by atoms with Crippen molar-refractivity contribution in [3.8, 4) is 0 Å². The molecular formula is C25H32N4O3S. The van der Waals surface area contributed by atoms with Crippen molar-refractivity contribution in [1.82, 2.24) is 19.8 Å². The molecule has 5 rings (SSSR count). The number of rotatable bonds is 8. The first-order chi connectivity index (χ1) is 16.2. The lowest BCUT2D eigenvalue weighted by atomic mass is 9.97. The number of benzene rings is 1. The highest BCUT2D eigenvalue weighted by atomic mass is 32.1. The first-order valence-electron chi connectivity index (χ1n) is 11.9. The van der Waals surface area contributed by atoms with Crippen LogP contribution in [0.5, 0.6) is 0 Å². The Morgan fingerprint density at radius 2 is 1.94 bits per heavy atom. The van der Waals surface area contributed by atoms with Crippen LogP contribution in [0.3, 0.4) is 0 Å². The van der Waals surface area contributed by atoms with Crippen molar-refractivity contribution < 1.29 is 9.84 Å².